The molecule has 0 aliphatic rings. The van der Waals surface area contributed by atoms with E-state index in [0.717, 1.165) is 12.7 Å². The van der Waals surface area contributed by atoms with E-state index in [9.17, 15) is 14.7 Å². The van der Waals surface area contributed by atoms with Crippen molar-refractivity contribution in [1.82, 2.24) is 5.32 Å². The first-order valence-corrected chi connectivity index (χ1v) is 12.2. The monoisotopic (exact) mass is 669 g/mol. The molecule has 6 nitrogen and oxygen atoms in total. The van der Waals surface area contributed by atoms with E-state index >= 15 is 0 Å². The highest BCUT2D eigenvalue weighted by molar-refractivity contribution is 14.1. The molecule has 1 amide bonds. The molecule has 0 heterocycles. The molecule has 0 fully saturated rings. The number of carboxylic acids is 1. The summed E-state index contributed by atoms with van der Waals surface area (Å²) in [4.78, 5) is 24.2. The molecule has 0 atom stereocenters. The van der Waals surface area contributed by atoms with Gasteiger partial charge in [-0.2, -0.15) is 0 Å². The van der Waals surface area contributed by atoms with Crippen molar-refractivity contribution in [1.29, 1.82) is 0 Å². The van der Waals surface area contributed by atoms with Crippen molar-refractivity contribution < 1.29 is 24.2 Å². The summed E-state index contributed by atoms with van der Waals surface area (Å²) in [6.45, 7) is 2.65. The molecule has 0 bridgehead atoms. The van der Waals surface area contributed by atoms with Crippen LogP contribution in [0.15, 0.2) is 72.4 Å². The van der Waals surface area contributed by atoms with E-state index in [2.05, 4.69) is 50.5 Å². The molecule has 0 radical (unpaired) electrons. The fraction of sp³-hybridized carbons (Fsp3) is 0.120. The van der Waals surface area contributed by atoms with Gasteiger partial charge in [-0.3, -0.25) is 4.79 Å². The molecule has 8 heteroatoms. The molecule has 0 saturated heterocycles. The van der Waals surface area contributed by atoms with Crippen molar-refractivity contribution in [3.05, 3.63) is 96.3 Å². The van der Waals surface area contributed by atoms with Crippen LogP contribution in [0.25, 0.3) is 6.08 Å². The van der Waals surface area contributed by atoms with Gasteiger partial charge in [0.2, 0.25) is 0 Å². The fourth-order valence-corrected chi connectivity index (χ4v) is 4.35. The third kappa shape index (κ3) is 7.19. The molecular formula is C25H21I2NO5. The standard InChI is InChI=1S/C25H21I2NO5/c1-2-32-22-14-17(12-20(27)23(22)33-15-16-7-6-10-19(26)11-16)13-21(25(30)31)28-24(29)18-8-4-3-5-9-18/h3-14H,2,15H2,1H3,(H,28,29)(H,30,31)/b21-13+. The zero-order valence-electron chi connectivity index (χ0n) is 17.7. The predicted octanol–water partition coefficient (Wildman–Crippen LogP) is 5.73. The summed E-state index contributed by atoms with van der Waals surface area (Å²) < 4.78 is 13.7. The van der Waals surface area contributed by atoms with Crippen LogP contribution in [-0.2, 0) is 11.4 Å². The Kier molecular flexibility index (Phi) is 9.12. The second-order valence-electron chi connectivity index (χ2n) is 6.86. The Hall–Kier alpha value is -2.60. The van der Waals surface area contributed by atoms with Crippen LogP contribution >= 0.6 is 45.2 Å². The van der Waals surface area contributed by atoms with Crippen LogP contribution in [0.2, 0.25) is 0 Å². The van der Waals surface area contributed by atoms with Gasteiger partial charge in [-0.1, -0.05) is 30.3 Å². The zero-order chi connectivity index (χ0) is 23.8. The number of ether oxygens (including phenoxy) is 2. The number of carbonyl (C=O) groups is 2. The summed E-state index contributed by atoms with van der Waals surface area (Å²) in [5.74, 6) is -0.660. The lowest BCUT2D eigenvalue weighted by atomic mass is 10.1. The minimum absolute atomic E-state index is 0.241. The van der Waals surface area contributed by atoms with Crippen molar-refractivity contribution in [3.8, 4) is 11.5 Å². The maximum atomic E-state index is 12.4. The Bertz CT molecular complexity index is 1180. The van der Waals surface area contributed by atoms with Crippen molar-refractivity contribution in [2.45, 2.75) is 13.5 Å². The lowest BCUT2D eigenvalue weighted by molar-refractivity contribution is -0.132. The SMILES string of the molecule is CCOc1cc(/C=C(/NC(=O)c2ccccc2)C(=O)O)cc(I)c1OCc1cccc(I)c1. The Morgan fingerprint density at radius 2 is 1.76 bits per heavy atom. The molecule has 0 saturated carbocycles. The van der Waals surface area contributed by atoms with Crippen LogP contribution in [0.1, 0.15) is 28.4 Å². The van der Waals surface area contributed by atoms with E-state index in [4.69, 9.17) is 9.47 Å². The Balaban J connectivity index is 1.87. The van der Waals surface area contributed by atoms with Crippen LogP contribution in [0.4, 0.5) is 0 Å². The largest absolute Gasteiger partial charge is 0.490 e. The molecule has 3 rings (SSSR count). The lowest BCUT2D eigenvalue weighted by Gasteiger charge is -2.15. The molecule has 0 aliphatic carbocycles. The van der Waals surface area contributed by atoms with Gasteiger partial charge in [0.1, 0.15) is 12.3 Å². The van der Waals surface area contributed by atoms with Crippen LogP contribution in [0, 0.1) is 7.14 Å². The maximum absolute atomic E-state index is 12.4. The van der Waals surface area contributed by atoms with E-state index in [0.29, 0.717) is 35.8 Å². The fourth-order valence-electron chi connectivity index (χ4n) is 2.96. The molecule has 170 valence electrons. The van der Waals surface area contributed by atoms with Crippen molar-refractivity contribution in [2.75, 3.05) is 6.61 Å². The van der Waals surface area contributed by atoms with Crippen LogP contribution in [-0.4, -0.2) is 23.6 Å². The number of benzene rings is 3. The van der Waals surface area contributed by atoms with Gasteiger partial charge in [-0.25, -0.2) is 4.79 Å². The Labute approximate surface area is 219 Å². The second-order valence-corrected chi connectivity index (χ2v) is 9.27. The number of amides is 1. The Morgan fingerprint density at radius 3 is 2.42 bits per heavy atom. The number of halogens is 2. The number of hydrogen-bond donors (Lipinski definition) is 2. The van der Waals surface area contributed by atoms with Gasteiger partial charge in [0.05, 0.1) is 10.2 Å². The zero-order valence-corrected chi connectivity index (χ0v) is 22.0. The summed E-state index contributed by atoms with van der Waals surface area (Å²) in [6, 6.07) is 19.9. The molecule has 0 unspecified atom stereocenters. The van der Waals surface area contributed by atoms with Gasteiger partial charge in [0.15, 0.2) is 11.5 Å². The summed E-state index contributed by atoms with van der Waals surface area (Å²) in [6.07, 6.45) is 1.40. The first kappa shape index (κ1) is 25.0. The summed E-state index contributed by atoms with van der Waals surface area (Å²) in [7, 11) is 0. The molecule has 3 aromatic rings. The van der Waals surface area contributed by atoms with Crippen LogP contribution < -0.4 is 14.8 Å². The third-order valence-electron chi connectivity index (χ3n) is 4.43. The first-order valence-electron chi connectivity index (χ1n) is 10.0. The highest BCUT2D eigenvalue weighted by atomic mass is 127. The predicted molar refractivity (Wildman–Crippen MR) is 143 cm³/mol. The Morgan fingerprint density at radius 1 is 1.00 bits per heavy atom. The van der Waals surface area contributed by atoms with Gasteiger partial charge >= 0.3 is 5.97 Å². The van der Waals surface area contributed by atoms with Crippen molar-refractivity contribution >= 4 is 63.1 Å². The number of rotatable bonds is 9. The van der Waals surface area contributed by atoms with E-state index < -0.39 is 11.9 Å². The summed E-state index contributed by atoms with van der Waals surface area (Å²) >= 11 is 4.38. The van der Waals surface area contributed by atoms with Gasteiger partial charge in [0, 0.05) is 9.13 Å². The number of hydrogen-bond acceptors (Lipinski definition) is 4. The summed E-state index contributed by atoms with van der Waals surface area (Å²) in [5.41, 5.74) is 1.72. The lowest BCUT2D eigenvalue weighted by Crippen LogP contribution is -2.27. The molecule has 33 heavy (non-hydrogen) atoms. The van der Waals surface area contributed by atoms with E-state index in [1.165, 1.54) is 6.08 Å². The smallest absolute Gasteiger partial charge is 0.352 e. The number of carboxylic acid groups (broad SMARTS) is 1. The first-order chi connectivity index (χ1) is 15.9. The van der Waals surface area contributed by atoms with Gasteiger partial charge in [-0.15, -0.1) is 0 Å². The van der Waals surface area contributed by atoms with Crippen LogP contribution in [0.3, 0.4) is 0 Å². The average Bonchev–Trinajstić information content (AvgIpc) is 2.79. The number of aliphatic carboxylic acids is 1. The van der Waals surface area contributed by atoms with E-state index in [1.54, 1.807) is 42.5 Å². The normalized spacial score (nSPS) is 11.1. The minimum Gasteiger partial charge on any atom is -0.490 e. The molecule has 3 aromatic carbocycles. The highest BCUT2D eigenvalue weighted by Gasteiger charge is 2.16. The van der Waals surface area contributed by atoms with Crippen molar-refractivity contribution in [2.24, 2.45) is 0 Å². The minimum atomic E-state index is -1.24. The molecular weight excluding hydrogens is 648 g/mol. The maximum Gasteiger partial charge on any atom is 0.352 e. The molecule has 0 spiro atoms. The third-order valence-corrected chi connectivity index (χ3v) is 5.90. The molecule has 0 aromatic heterocycles. The summed E-state index contributed by atoms with van der Waals surface area (Å²) in [5, 5.41) is 12.1. The van der Waals surface area contributed by atoms with Gasteiger partial charge in [0.25, 0.3) is 5.91 Å². The van der Waals surface area contributed by atoms with Crippen molar-refractivity contribution in [3.63, 3.8) is 0 Å². The average molecular weight is 669 g/mol. The van der Waals surface area contributed by atoms with E-state index in [-0.39, 0.29) is 5.70 Å². The number of nitrogens with one attached hydrogen (secondary N) is 1. The molecule has 0 aliphatic heterocycles. The van der Waals surface area contributed by atoms with E-state index in [1.807, 2.05) is 31.2 Å². The highest BCUT2D eigenvalue weighted by Crippen LogP contribution is 2.35. The van der Waals surface area contributed by atoms with Crippen LogP contribution in [0.5, 0.6) is 11.5 Å². The topological polar surface area (TPSA) is 84.9 Å². The molecule has 2 N–H and O–H groups in total. The quantitative estimate of drug-likeness (QED) is 0.225. The number of carbonyl (C=O) groups excluding carboxylic acids is 1. The second kappa shape index (κ2) is 12.0. The van der Waals surface area contributed by atoms with Gasteiger partial charge < -0.3 is 19.9 Å². The van der Waals surface area contributed by atoms with Gasteiger partial charge in [-0.05, 0) is 106 Å².